The van der Waals surface area contributed by atoms with Gasteiger partial charge < -0.3 is 5.32 Å². The van der Waals surface area contributed by atoms with Crippen LogP contribution in [0.2, 0.25) is 0 Å². The van der Waals surface area contributed by atoms with Crippen molar-refractivity contribution in [3.05, 3.63) is 41.4 Å². The first-order valence-electron chi connectivity index (χ1n) is 5.28. The highest BCUT2D eigenvalue weighted by Gasteiger charge is 2.19. The van der Waals surface area contributed by atoms with E-state index in [1.807, 2.05) is 0 Å². The van der Waals surface area contributed by atoms with E-state index in [-0.39, 0.29) is 4.90 Å². The standard InChI is InChI=1S/C11H11BrN4O2S/c1-13-10-3-5-15-7-11(10)19(17,18)16-9-2-4-14-6-8(9)12/h2-7H,1H3,(H,13,15)(H,14,16). The Morgan fingerprint density at radius 2 is 1.74 bits per heavy atom. The lowest BCUT2D eigenvalue weighted by Gasteiger charge is -2.12. The minimum Gasteiger partial charge on any atom is -0.387 e. The fourth-order valence-corrected chi connectivity index (χ4v) is 3.18. The summed E-state index contributed by atoms with van der Waals surface area (Å²) in [6.45, 7) is 0. The zero-order chi connectivity index (χ0) is 13.9. The molecular formula is C11H11BrN4O2S. The van der Waals surface area contributed by atoms with E-state index in [0.717, 1.165) is 0 Å². The van der Waals surface area contributed by atoms with Crippen molar-refractivity contribution in [3.8, 4) is 0 Å². The highest BCUT2D eigenvalue weighted by Crippen LogP contribution is 2.26. The molecule has 0 aliphatic heterocycles. The molecule has 0 radical (unpaired) electrons. The number of anilines is 2. The minimum atomic E-state index is -3.71. The van der Waals surface area contributed by atoms with Crippen molar-refractivity contribution in [1.29, 1.82) is 0 Å². The van der Waals surface area contributed by atoms with Gasteiger partial charge in [0.15, 0.2) is 0 Å². The van der Waals surface area contributed by atoms with Crippen LogP contribution in [0.5, 0.6) is 0 Å². The van der Waals surface area contributed by atoms with Crippen LogP contribution in [-0.2, 0) is 10.0 Å². The predicted octanol–water partition coefficient (Wildman–Crippen LogP) is 2.08. The summed E-state index contributed by atoms with van der Waals surface area (Å²) in [6, 6.07) is 3.16. The van der Waals surface area contributed by atoms with Crippen molar-refractivity contribution >= 4 is 37.3 Å². The van der Waals surface area contributed by atoms with Gasteiger partial charge in [0.2, 0.25) is 0 Å². The maximum absolute atomic E-state index is 12.3. The van der Waals surface area contributed by atoms with Gasteiger partial charge in [-0.3, -0.25) is 14.7 Å². The van der Waals surface area contributed by atoms with Crippen LogP contribution in [0.15, 0.2) is 46.3 Å². The molecule has 2 N–H and O–H groups in total. The lowest BCUT2D eigenvalue weighted by atomic mass is 10.4. The van der Waals surface area contributed by atoms with E-state index < -0.39 is 10.0 Å². The Morgan fingerprint density at radius 1 is 1.11 bits per heavy atom. The van der Waals surface area contributed by atoms with E-state index >= 15 is 0 Å². The molecule has 0 aliphatic rings. The van der Waals surface area contributed by atoms with Gasteiger partial charge in [-0.15, -0.1) is 0 Å². The molecule has 0 aromatic carbocycles. The van der Waals surface area contributed by atoms with Crippen LogP contribution in [0.4, 0.5) is 11.4 Å². The summed E-state index contributed by atoms with van der Waals surface area (Å²) in [7, 11) is -2.06. The number of hydrogen-bond acceptors (Lipinski definition) is 5. The first-order valence-corrected chi connectivity index (χ1v) is 7.56. The van der Waals surface area contributed by atoms with Gasteiger partial charge in [0.1, 0.15) is 4.90 Å². The van der Waals surface area contributed by atoms with E-state index in [0.29, 0.717) is 15.8 Å². The van der Waals surface area contributed by atoms with Crippen LogP contribution in [0.25, 0.3) is 0 Å². The van der Waals surface area contributed by atoms with Crippen molar-refractivity contribution in [2.45, 2.75) is 4.90 Å². The van der Waals surface area contributed by atoms with Gasteiger partial charge in [0, 0.05) is 31.8 Å². The third kappa shape index (κ3) is 3.02. The molecule has 6 nitrogen and oxygen atoms in total. The van der Waals surface area contributed by atoms with Crippen molar-refractivity contribution in [3.63, 3.8) is 0 Å². The number of aromatic nitrogens is 2. The van der Waals surface area contributed by atoms with Crippen molar-refractivity contribution in [2.24, 2.45) is 0 Å². The van der Waals surface area contributed by atoms with Crippen LogP contribution in [0.1, 0.15) is 0 Å². The summed E-state index contributed by atoms with van der Waals surface area (Å²) in [5.41, 5.74) is 0.897. The van der Waals surface area contributed by atoms with E-state index in [1.165, 1.54) is 24.8 Å². The smallest absolute Gasteiger partial charge is 0.265 e. The van der Waals surface area contributed by atoms with Crippen molar-refractivity contribution in [1.82, 2.24) is 9.97 Å². The highest BCUT2D eigenvalue weighted by molar-refractivity contribution is 9.10. The summed E-state index contributed by atoms with van der Waals surface area (Å²) < 4.78 is 27.6. The number of halogens is 1. The largest absolute Gasteiger partial charge is 0.387 e. The Kier molecular flexibility index (Phi) is 4.01. The van der Waals surface area contributed by atoms with E-state index in [9.17, 15) is 8.42 Å². The van der Waals surface area contributed by atoms with Crippen molar-refractivity contribution in [2.75, 3.05) is 17.1 Å². The maximum atomic E-state index is 12.3. The number of sulfonamides is 1. The molecule has 2 rings (SSSR count). The number of rotatable bonds is 4. The number of pyridine rings is 2. The maximum Gasteiger partial charge on any atom is 0.265 e. The fraction of sp³-hybridized carbons (Fsp3) is 0.0909. The molecular weight excluding hydrogens is 332 g/mol. The zero-order valence-electron chi connectivity index (χ0n) is 9.96. The molecule has 0 bridgehead atoms. The molecule has 0 atom stereocenters. The average molecular weight is 343 g/mol. The highest BCUT2D eigenvalue weighted by atomic mass is 79.9. The second-order valence-electron chi connectivity index (χ2n) is 3.58. The molecule has 2 heterocycles. The molecule has 0 aliphatic carbocycles. The molecule has 2 aromatic heterocycles. The molecule has 8 heteroatoms. The quantitative estimate of drug-likeness (QED) is 0.888. The molecule has 2 aromatic rings. The van der Waals surface area contributed by atoms with Gasteiger partial charge >= 0.3 is 0 Å². The number of nitrogens with one attached hydrogen (secondary N) is 2. The Balaban J connectivity index is 2.41. The summed E-state index contributed by atoms with van der Waals surface area (Å²) in [5.74, 6) is 0. The summed E-state index contributed by atoms with van der Waals surface area (Å²) in [6.07, 6.45) is 5.83. The molecule has 100 valence electrons. The Bertz CT molecular complexity index is 691. The zero-order valence-corrected chi connectivity index (χ0v) is 12.4. The van der Waals surface area contributed by atoms with Crippen LogP contribution in [0, 0.1) is 0 Å². The normalized spacial score (nSPS) is 11.1. The molecule has 19 heavy (non-hydrogen) atoms. The molecule has 0 fully saturated rings. The van der Waals surface area contributed by atoms with Gasteiger partial charge in [0.05, 0.1) is 15.8 Å². The molecule has 0 spiro atoms. The Labute approximate surface area is 119 Å². The first-order chi connectivity index (χ1) is 9.04. The van der Waals surface area contributed by atoms with Gasteiger partial charge in [-0.2, -0.15) is 0 Å². The predicted molar refractivity (Wildman–Crippen MR) is 76.5 cm³/mol. The third-order valence-corrected chi connectivity index (χ3v) is 4.39. The number of nitrogens with zero attached hydrogens (tertiary/aromatic N) is 2. The third-order valence-electron chi connectivity index (χ3n) is 2.36. The topological polar surface area (TPSA) is 84.0 Å². The lowest BCUT2D eigenvalue weighted by molar-refractivity contribution is 0.601. The Hall–Kier alpha value is -1.67. The monoisotopic (exact) mass is 342 g/mol. The fourth-order valence-electron chi connectivity index (χ4n) is 1.46. The van der Waals surface area contributed by atoms with Crippen LogP contribution in [-0.4, -0.2) is 25.4 Å². The van der Waals surface area contributed by atoms with Crippen LogP contribution < -0.4 is 10.0 Å². The molecule has 0 saturated heterocycles. The average Bonchev–Trinajstić information content (AvgIpc) is 2.41. The van der Waals surface area contributed by atoms with Gasteiger partial charge in [-0.1, -0.05) is 0 Å². The van der Waals surface area contributed by atoms with Gasteiger partial charge in [-0.25, -0.2) is 8.42 Å². The summed E-state index contributed by atoms with van der Waals surface area (Å²) >= 11 is 3.24. The van der Waals surface area contributed by atoms with E-state index in [4.69, 9.17) is 0 Å². The summed E-state index contributed by atoms with van der Waals surface area (Å²) in [4.78, 5) is 7.80. The first kappa shape index (κ1) is 13.8. The second-order valence-corrected chi connectivity index (χ2v) is 6.09. The van der Waals surface area contributed by atoms with Gasteiger partial charge in [0.25, 0.3) is 10.0 Å². The summed E-state index contributed by atoms with van der Waals surface area (Å²) in [5, 5.41) is 2.82. The van der Waals surface area contributed by atoms with Gasteiger partial charge in [-0.05, 0) is 28.1 Å². The van der Waals surface area contributed by atoms with Crippen LogP contribution in [0.3, 0.4) is 0 Å². The van der Waals surface area contributed by atoms with Crippen molar-refractivity contribution < 1.29 is 8.42 Å². The Morgan fingerprint density at radius 3 is 2.37 bits per heavy atom. The molecule has 0 unspecified atom stereocenters. The molecule has 0 saturated carbocycles. The van der Waals surface area contributed by atoms with E-state index in [1.54, 1.807) is 19.2 Å². The van der Waals surface area contributed by atoms with E-state index in [2.05, 4.69) is 35.9 Å². The lowest BCUT2D eigenvalue weighted by Crippen LogP contribution is -2.15. The second kappa shape index (κ2) is 5.54. The number of hydrogen-bond donors (Lipinski definition) is 2. The van der Waals surface area contributed by atoms with Crippen LogP contribution >= 0.6 is 15.9 Å². The minimum absolute atomic E-state index is 0.0845. The SMILES string of the molecule is CNc1ccncc1S(=O)(=O)Nc1ccncc1Br. The molecule has 0 amide bonds.